The molecular formula is C25H32N4O6. The third-order valence-electron chi connectivity index (χ3n) is 5.81. The van der Waals surface area contributed by atoms with Crippen molar-refractivity contribution < 1.29 is 28.5 Å². The summed E-state index contributed by atoms with van der Waals surface area (Å²) in [4.78, 5) is 18.8. The second-order valence-corrected chi connectivity index (χ2v) is 8.27. The topological polar surface area (TPSA) is 118 Å². The number of carbonyl (C=O) groups is 1. The summed E-state index contributed by atoms with van der Waals surface area (Å²) in [6.07, 6.45) is 1.24. The summed E-state index contributed by atoms with van der Waals surface area (Å²) < 4.78 is 22.2. The molecule has 1 fully saturated rings. The van der Waals surface area contributed by atoms with Crippen LogP contribution in [-0.4, -0.2) is 67.1 Å². The number of piperidine rings is 1. The van der Waals surface area contributed by atoms with Gasteiger partial charge in [0.15, 0.2) is 28.3 Å². The van der Waals surface area contributed by atoms with Crippen molar-refractivity contribution in [2.75, 3.05) is 45.3 Å². The van der Waals surface area contributed by atoms with E-state index in [4.69, 9.17) is 23.7 Å². The van der Waals surface area contributed by atoms with Crippen molar-refractivity contribution >= 4 is 23.2 Å². The first-order valence-electron chi connectivity index (χ1n) is 11.8. The van der Waals surface area contributed by atoms with Gasteiger partial charge in [-0.25, -0.2) is 4.79 Å². The summed E-state index contributed by atoms with van der Waals surface area (Å²) in [5.74, 6) is 1.82. The molecular weight excluding hydrogens is 452 g/mol. The number of oxazole rings is 1. The number of para-hydroxylation sites is 1. The zero-order valence-electron chi connectivity index (χ0n) is 20.1. The van der Waals surface area contributed by atoms with Crippen LogP contribution in [0.2, 0.25) is 0 Å². The third kappa shape index (κ3) is 6.34. The van der Waals surface area contributed by atoms with Crippen LogP contribution in [0.15, 0.2) is 40.8 Å². The molecule has 1 saturated heterocycles. The predicted octanol–water partition coefficient (Wildman–Crippen LogP) is 3.39. The van der Waals surface area contributed by atoms with Crippen LogP contribution < -0.4 is 24.8 Å². The van der Waals surface area contributed by atoms with Crippen molar-refractivity contribution in [1.82, 2.24) is 15.2 Å². The molecule has 0 bridgehead atoms. The number of ether oxygens (including phenoxy) is 3. The Morgan fingerprint density at radius 3 is 2.77 bits per heavy atom. The predicted molar refractivity (Wildman–Crippen MR) is 131 cm³/mol. The van der Waals surface area contributed by atoms with Crippen LogP contribution in [0.25, 0.3) is 11.1 Å². The van der Waals surface area contributed by atoms with E-state index in [0.717, 1.165) is 44.0 Å². The molecule has 10 heteroatoms. The van der Waals surface area contributed by atoms with Gasteiger partial charge in [-0.2, -0.15) is 4.98 Å². The first kappa shape index (κ1) is 24.6. The SMILES string of the molecule is CCOc1cc(CN2CCC(Nc3nc4c(OC(=O)NCCO)cccc4o3)CC2)ccc1OC. The number of aliphatic hydroxyl groups excluding tert-OH is 1. The van der Waals surface area contributed by atoms with E-state index in [1.54, 1.807) is 25.3 Å². The molecule has 1 aliphatic heterocycles. The van der Waals surface area contributed by atoms with Gasteiger partial charge in [0.2, 0.25) is 0 Å². The number of nitrogens with zero attached hydrogens (tertiary/aromatic N) is 2. The highest BCUT2D eigenvalue weighted by Crippen LogP contribution is 2.30. The number of likely N-dealkylation sites (tertiary alicyclic amines) is 1. The summed E-state index contributed by atoms with van der Waals surface area (Å²) in [6, 6.07) is 11.9. The van der Waals surface area contributed by atoms with E-state index < -0.39 is 6.09 Å². The minimum atomic E-state index is -0.651. The zero-order valence-corrected chi connectivity index (χ0v) is 20.1. The summed E-state index contributed by atoms with van der Waals surface area (Å²) in [7, 11) is 1.65. The van der Waals surface area contributed by atoms with Crippen LogP contribution >= 0.6 is 0 Å². The first-order chi connectivity index (χ1) is 17.1. The molecule has 0 atom stereocenters. The van der Waals surface area contributed by atoms with Crippen LogP contribution in [0, 0.1) is 0 Å². The van der Waals surface area contributed by atoms with Crippen molar-refractivity contribution in [2.45, 2.75) is 32.4 Å². The number of fused-ring (bicyclic) bond motifs is 1. The lowest BCUT2D eigenvalue weighted by Gasteiger charge is -2.32. The lowest BCUT2D eigenvalue weighted by atomic mass is 10.0. The second-order valence-electron chi connectivity index (χ2n) is 8.27. The van der Waals surface area contributed by atoms with Gasteiger partial charge in [-0.15, -0.1) is 0 Å². The van der Waals surface area contributed by atoms with Crippen molar-refractivity contribution in [1.29, 1.82) is 0 Å². The molecule has 10 nitrogen and oxygen atoms in total. The number of rotatable bonds is 10. The molecule has 0 aliphatic carbocycles. The van der Waals surface area contributed by atoms with Gasteiger partial charge in [0, 0.05) is 32.2 Å². The van der Waals surface area contributed by atoms with Crippen molar-refractivity contribution in [3.63, 3.8) is 0 Å². The molecule has 0 saturated carbocycles. The van der Waals surface area contributed by atoms with E-state index in [2.05, 4.69) is 32.7 Å². The molecule has 1 amide bonds. The number of methoxy groups -OCH3 is 1. The largest absolute Gasteiger partial charge is 0.493 e. The van der Waals surface area contributed by atoms with E-state index in [-0.39, 0.29) is 19.2 Å². The minimum absolute atomic E-state index is 0.116. The van der Waals surface area contributed by atoms with Crippen LogP contribution in [-0.2, 0) is 6.54 Å². The highest BCUT2D eigenvalue weighted by molar-refractivity contribution is 5.84. The zero-order chi connectivity index (χ0) is 24.6. The number of hydrogen-bond acceptors (Lipinski definition) is 9. The molecule has 35 heavy (non-hydrogen) atoms. The fourth-order valence-electron chi connectivity index (χ4n) is 4.12. The maximum absolute atomic E-state index is 11.8. The van der Waals surface area contributed by atoms with E-state index in [1.807, 2.05) is 13.0 Å². The number of aromatic nitrogens is 1. The highest BCUT2D eigenvalue weighted by atomic mass is 16.6. The Bertz CT molecular complexity index is 1130. The van der Waals surface area contributed by atoms with Crippen LogP contribution in [0.1, 0.15) is 25.3 Å². The molecule has 2 heterocycles. The van der Waals surface area contributed by atoms with Crippen molar-refractivity contribution in [3.05, 3.63) is 42.0 Å². The lowest BCUT2D eigenvalue weighted by molar-refractivity contribution is 0.196. The smallest absolute Gasteiger partial charge is 0.412 e. The maximum atomic E-state index is 11.8. The number of anilines is 1. The Kier molecular flexibility index (Phi) is 8.27. The number of hydrogen-bond donors (Lipinski definition) is 3. The summed E-state index contributed by atoms with van der Waals surface area (Å²) in [5.41, 5.74) is 2.19. The molecule has 0 spiro atoms. The van der Waals surface area contributed by atoms with Crippen LogP contribution in [0.3, 0.4) is 0 Å². The average molecular weight is 485 g/mol. The van der Waals surface area contributed by atoms with Crippen LogP contribution in [0.4, 0.5) is 10.8 Å². The quantitative estimate of drug-likeness (QED) is 0.398. The van der Waals surface area contributed by atoms with Crippen molar-refractivity contribution in [2.24, 2.45) is 0 Å². The standard InChI is InChI=1S/C25H32N4O6/c1-3-33-22-15-17(7-8-19(22)32-2)16-29-12-9-18(10-13-29)27-24-28-23-20(34-24)5-4-6-21(23)35-25(31)26-11-14-30/h4-8,15,18,30H,3,9-14,16H2,1-2H3,(H,26,31)(H,27,28). The third-order valence-corrected chi connectivity index (χ3v) is 5.81. The molecule has 3 aromatic rings. The summed E-state index contributed by atoms with van der Waals surface area (Å²) >= 11 is 0. The number of carbonyl (C=O) groups excluding carboxylic acids is 1. The van der Waals surface area contributed by atoms with Gasteiger partial charge in [-0.3, -0.25) is 4.90 Å². The number of nitrogens with one attached hydrogen (secondary N) is 2. The van der Waals surface area contributed by atoms with E-state index >= 15 is 0 Å². The Hall–Kier alpha value is -3.50. The number of amides is 1. The summed E-state index contributed by atoms with van der Waals surface area (Å²) in [6.45, 7) is 5.23. The molecule has 188 valence electrons. The molecule has 0 unspecified atom stereocenters. The Morgan fingerprint density at radius 1 is 1.20 bits per heavy atom. The molecule has 0 radical (unpaired) electrons. The number of benzene rings is 2. The fourth-order valence-corrected chi connectivity index (χ4v) is 4.12. The Balaban J connectivity index is 1.32. The molecule has 4 rings (SSSR count). The van der Waals surface area contributed by atoms with Gasteiger partial charge in [0.1, 0.15) is 0 Å². The highest BCUT2D eigenvalue weighted by Gasteiger charge is 2.22. The van der Waals surface area contributed by atoms with E-state index in [1.165, 1.54) is 5.56 Å². The van der Waals surface area contributed by atoms with Crippen LogP contribution in [0.5, 0.6) is 17.2 Å². The van der Waals surface area contributed by atoms with Gasteiger partial charge < -0.3 is 34.4 Å². The van der Waals surface area contributed by atoms with Crippen molar-refractivity contribution in [3.8, 4) is 17.2 Å². The van der Waals surface area contributed by atoms with Gasteiger partial charge in [-0.1, -0.05) is 12.1 Å². The summed E-state index contributed by atoms with van der Waals surface area (Å²) in [5, 5.41) is 14.7. The Morgan fingerprint density at radius 2 is 2.03 bits per heavy atom. The molecule has 1 aliphatic rings. The second kappa shape index (κ2) is 11.8. The van der Waals surface area contributed by atoms with E-state index in [0.29, 0.717) is 29.5 Å². The molecule has 2 aromatic carbocycles. The molecule has 3 N–H and O–H groups in total. The van der Waals surface area contributed by atoms with Gasteiger partial charge in [0.05, 0.1) is 20.3 Å². The first-order valence-corrected chi connectivity index (χ1v) is 11.8. The maximum Gasteiger partial charge on any atom is 0.412 e. The van der Waals surface area contributed by atoms with Gasteiger partial charge in [-0.05, 0) is 49.6 Å². The molecule has 1 aromatic heterocycles. The van der Waals surface area contributed by atoms with Gasteiger partial charge in [0.25, 0.3) is 6.01 Å². The minimum Gasteiger partial charge on any atom is -0.493 e. The number of aliphatic hydroxyl groups is 1. The monoisotopic (exact) mass is 484 g/mol. The lowest BCUT2D eigenvalue weighted by Crippen LogP contribution is -2.38. The Labute approximate surface area is 204 Å². The van der Waals surface area contributed by atoms with Gasteiger partial charge >= 0.3 is 6.09 Å². The normalized spacial score (nSPS) is 14.6. The average Bonchev–Trinajstić information content (AvgIpc) is 3.28. The van der Waals surface area contributed by atoms with E-state index in [9.17, 15) is 4.79 Å². The fraction of sp³-hybridized carbons (Fsp3) is 0.440.